The first-order valence-corrected chi connectivity index (χ1v) is 6.52. The lowest BCUT2D eigenvalue weighted by Gasteiger charge is -2.08. The molecule has 0 aliphatic rings. The Bertz CT molecular complexity index is 751. The molecule has 0 aliphatic carbocycles. The first-order valence-electron chi connectivity index (χ1n) is 5.64. The quantitative estimate of drug-likeness (QED) is 0.650. The number of rotatable bonds is 1. The third kappa shape index (κ3) is 1.59. The highest BCUT2D eigenvalue weighted by Gasteiger charge is 2.14. The summed E-state index contributed by atoms with van der Waals surface area (Å²) in [4.78, 5) is 5.48. The number of aryl methyl sites for hydroxylation is 1. The molecule has 0 fully saturated rings. The SMILES string of the molecule is Cc1nc2sccc2c(-c2ccccc2)c1C#N. The average molecular weight is 250 g/mol. The third-order valence-electron chi connectivity index (χ3n) is 2.97. The summed E-state index contributed by atoms with van der Waals surface area (Å²) in [6, 6.07) is 14.4. The highest BCUT2D eigenvalue weighted by atomic mass is 32.1. The van der Waals surface area contributed by atoms with Crippen LogP contribution in [0, 0.1) is 18.3 Å². The minimum Gasteiger partial charge on any atom is -0.241 e. The Kier molecular flexibility index (Phi) is 2.58. The molecule has 1 aromatic carbocycles. The average Bonchev–Trinajstić information content (AvgIpc) is 2.85. The number of hydrogen-bond donors (Lipinski definition) is 0. The van der Waals surface area contributed by atoms with Gasteiger partial charge in [0.2, 0.25) is 0 Å². The summed E-state index contributed by atoms with van der Waals surface area (Å²) in [6.07, 6.45) is 0. The predicted molar refractivity (Wildman–Crippen MR) is 74.5 cm³/mol. The van der Waals surface area contributed by atoms with Crippen LogP contribution in [-0.2, 0) is 0 Å². The van der Waals surface area contributed by atoms with Gasteiger partial charge in [0.25, 0.3) is 0 Å². The molecule has 3 heteroatoms. The Morgan fingerprint density at radius 2 is 1.94 bits per heavy atom. The van der Waals surface area contributed by atoms with Crippen LogP contribution in [0.5, 0.6) is 0 Å². The van der Waals surface area contributed by atoms with Crippen LogP contribution >= 0.6 is 11.3 Å². The summed E-state index contributed by atoms with van der Waals surface area (Å²) in [5.41, 5.74) is 3.54. The van der Waals surface area contributed by atoms with Crippen molar-refractivity contribution in [3.05, 3.63) is 53.0 Å². The number of nitrogens with zero attached hydrogens (tertiary/aromatic N) is 2. The van der Waals surface area contributed by atoms with Gasteiger partial charge in [-0.05, 0) is 23.9 Å². The fraction of sp³-hybridized carbons (Fsp3) is 0.0667. The van der Waals surface area contributed by atoms with E-state index in [9.17, 15) is 5.26 Å². The van der Waals surface area contributed by atoms with E-state index < -0.39 is 0 Å². The number of benzene rings is 1. The summed E-state index contributed by atoms with van der Waals surface area (Å²) < 4.78 is 0. The summed E-state index contributed by atoms with van der Waals surface area (Å²) in [7, 11) is 0. The van der Waals surface area contributed by atoms with Gasteiger partial charge in [-0.2, -0.15) is 5.26 Å². The van der Waals surface area contributed by atoms with Crippen LogP contribution in [0.15, 0.2) is 41.8 Å². The van der Waals surface area contributed by atoms with E-state index in [4.69, 9.17) is 0 Å². The smallest absolute Gasteiger partial charge is 0.124 e. The standard InChI is InChI=1S/C15H10N2S/c1-10-13(9-16)14(11-5-3-2-4-6-11)12-7-8-18-15(12)17-10/h2-8H,1H3. The van der Waals surface area contributed by atoms with E-state index in [1.54, 1.807) is 11.3 Å². The number of aromatic nitrogens is 1. The van der Waals surface area contributed by atoms with Gasteiger partial charge in [0.05, 0.1) is 11.3 Å². The second-order valence-electron chi connectivity index (χ2n) is 4.06. The van der Waals surface area contributed by atoms with E-state index >= 15 is 0 Å². The maximum Gasteiger partial charge on any atom is 0.124 e. The molecule has 0 spiro atoms. The summed E-state index contributed by atoms with van der Waals surface area (Å²) in [6.45, 7) is 1.89. The monoisotopic (exact) mass is 250 g/mol. The molecular formula is C15H10N2S. The van der Waals surface area contributed by atoms with Crippen molar-refractivity contribution >= 4 is 21.6 Å². The summed E-state index contributed by atoms with van der Waals surface area (Å²) >= 11 is 1.61. The molecule has 86 valence electrons. The van der Waals surface area contributed by atoms with Gasteiger partial charge in [-0.3, -0.25) is 0 Å². The van der Waals surface area contributed by atoms with E-state index in [-0.39, 0.29) is 0 Å². The zero-order valence-corrected chi connectivity index (χ0v) is 10.7. The summed E-state index contributed by atoms with van der Waals surface area (Å²) in [5, 5.41) is 12.5. The van der Waals surface area contributed by atoms with Crippen LogP contribution in [0.1, 0.15) is 11.3 Å². The second kappa shape index (κ2) is 4.25. The van der Waals surface area contributed by atoms with Gasteiger partial charge in [-0.25, -0.2) is 4.98 Å². The molecule has 0 amide bonds. The van der Waals surface area contributed by atoms with Crippen molar-refractivity contribution in [1.82, 2.24) is 4.98 Å². The topological polar surface area (TPSA) is 36.7 Å². The molecule has 0 atom stereocenters. The van der Waals surface area contributed by atoms with Crippen molar-refractivity contribution in [3.63, 3.8) is 0 Å². The molecule has 0 saturated heterocycles. The van der Waals surface area contributed by atoms with Gasteiger partial charge in [-0.15, -0.1) is 11.3 Å². The normalized spacial score (nSPS) is 10.4. The lowest BCUT2D eigenvalue weighted by Crippen LogP contribution is -1.93. The molecule has 0 radical (unpaired) electrons. The van der Waals surface area contributed by atoms with Crippen LogP contribution in [-0.4, -0.2) is 4.98 Å². The van der Waals surface area contributed by atoms with Gasteiger partial charge >= 0.3 is 0 Å². The Morgan fingerprint density at radius 1 is 1.17 bits per heavy atom. The van der Waals surface area contributed by atoms with Crippen molar-refractivity contribution in [2.75, 3.05) is 0 Å². The molecule has 0 aliphatic heterocycles. The lowest BCUT2D eigenvalue weighted by molar-refractivity contribution is 1.24. The fourth-order valence-corrected chi connectivity index (χ4v) is 2.96. The number of fused-ring (bicyclic) bond motifs is 1. The van der Waals surface area contributed by atoms with Crippen LogP contribution in [0.25, 0.3) is 21.3 Å². The van der Waals surface area contributed by atoms with Gasteiger partial charge in [0.1, 0.15) is 10.9 Å². The molecule has 3 rings (SSSR count). The first-order chi connectivity index (χ1) is 8.81. The molecule has 18 heavy (non-hydrogen) atoms. The lowest BCUT2D eigenvalue weighted by atomic mass is 9.97. The van der Waals surface area contributed by atoms with E-state index in [0.717, 1.165) is 27.0 Å². The highest BCUT2D eigenvalue weighted by Crippen LogP contribution is 2.34. The molecule has 2 aromatic heterocycles. The number of hydrogen-bond acceptors (Lipinski definition) is 3. The Morgan fingerprint density at radius 3 is 2.67 bits per heavy atom. The van der Waals surface area contributed by atoms with E-state index in [1.807, 2.05) is 48.7 Å². The maximum atomic E-state index is 9.37. The van der Waals surface area contributed by atoms with Crippen molar-refractivity contribution in [1.29, 1.82) is 5.26 Å². The van der Waals surface area contributed by atoms with Crippen molar-refractivity contribution in [3.8, 4) is 17.2 Å². The van der Waals surface area contributed by atoms with Crippen LogP contribution < -0.4 is 0 Å². The third-order valence-corrected chi connectivity index (χ3v) is 3.78. The van der Waals surface area contributed by atoms with Gasteiger partial charge in [0.15, 0.2) is 0 Å². The minimum atomic E-state index is 0.673. The number of nitriles is 1. The molecule has 0 saturated carbocycles. The Hall–Kier alpha value is -2.18. The van der Waals surface area contributed by atoms with Gasteiger partial charge in [-0.1, -0.05) is 30.3 Å². The van der Waals surface area contributed by atoms with Crippen molar-refractivity contribution < 1.29 is 0 Å². The van der Waals surface area contributed by atoms with Crippen LogP contribution in [0.3, 0.4) is 0 Å². The largest absolute Gasteiger partial charge is 0.241 e. The van der Waals surface area contributed by atoms with E-state index in [2.05, 4.69) is 11.1 Å². The Balaban J connectivity index is 2.46. The molecular weight excluding hydrogens is 240 g/mol. The predicted octanol–water partition coefficient (Wildman–Crippen LogP) is 4.14. The van der Waals surface area contributed by atoms with Gasteiger partial charge in [0, 0.05) is 10.9 Å². The zero-order chi connectivity index (χ0) is 12.5. The number of thiophene rings is 1. The van der Waals surface area contributed by atoms with Crippen molar-refractivity contribution in [2.45, 2.75) is 6.92 Å². The maximum absolute atomic E-state index is 9.37. The molecule has 2 nitrogen and oxygen atoms in total. The van der Waals surface area contributed by atoms with Crippen LogP contribution in [0.2, 0.25) is 0 Å². The minimum absolute atomic E-state index is 0.673. The zero-order valence-electron chi connectivity index (χ0n) is 9.84. The van der Waals surface area contributed by atoms with Crippen LogP contribution in [0.4, 0.5) is 0 Å². The van der Waals surface area contributed by atoms with Crippen molar-refractivity contribution in [2.24, 2.45) is 0 Å². The Labute approximate surface area is 109 Å². The number of pyridine rings is 1. The molecule has 3 aromatic rings. The molecule has 0 N–H and O–H groups in total. The summed E-state index contributed by atoms with van der Waals surface area (Å²) in [5.74, 6) is 0. The van der Waals surface area contributed by atoms with Gasteiger partial charge < -0.3 is 0 Å². The molecule has 0 bridgehead atoms. The highest BCUT2D eigenvalue weighted by molar-refractivity contribution is 7.16. The molecule has 2 heterocycles. The van der Waals surface area contributed by atoms with E-state index in [0.29, 0.717) is 5.56 Å². The fourth-order valence-electron chi connectivity index (χ4n) is 2.14. The molecule has 0 unspecified atom stereocenters. The van der Waals surface area contributed by atoms with E-state index in [1.165, 1.54) is 0 Å². The second-order valence-corrected chi connectivity index (χ2v) is 4.96. The first kappa shape index (κ1) is 10.9.